The summed E-state index contributed by atoms with van der Waals surface area (Å²) >= 11 is 1.59. The summed E-state index contributed by atoms with van der Waals surface area (Å²) in [6, 6.07) is 2.61. The van der Waals surface area contributed by atoms with Crippen LogP contribution in [0.3, 0.4) is 0 Å². The number of rotatable bonds is 5. The quantitative estimate of drug-likeness (QED) is 0.875. The van der Waals surface area contributed by atoms with Crippen LogP contribution in [-0.2, 0) is 17.8 Å². The minimum absolute atomic E-state index is 0.0254. The van der Waals surface area contributed by atoms with E-state index < -0.39 is 0 Å². The third-order valence-electron chi connectivity index (χ3n) is 5.37. The first-order valence-corrected chi connectivity index (χ1v) is 10.3. The van der Waals surface area contributed by atoms with Gasteiger partial charge in [0.2, 0.25) is 5.91 Å². The van der Waals surface area contributed by atoms with Crippen LogP contribution >= 0.6 is 11.3 Å². The molecule has 1 aromatic rings. The summed E-state index contributed by atoms with van der Waals surface area (Å²) in [4.78, 5) is 30.7. The zero-order chi connectivity index (χ0) is 17.8. The molecule has 1 atom stereocenters. The van der Waals surface area contributed by atoms with Gasteiger partial charge in [-0.25, -0.2) is 0 Å². The Morgan fingerprint density at radius 3 is 2.92 bits per heavy atom. The number of piperidine rings is 1. The summed E-state index contributed by atoms with van der Waals surface area (Å²) < 4.78 is 0. The summed E-state index contributed by atoms with van der Waals surface area (Å²) in [7, 11) is 0. The Morgan fingerprint density at radius 2 is 2.16 bits per heavy atom. The van der Waals surface area contributed by atoms with Gasteiger partial charge in [-0.15, -0.1) is 11.3 Å². The largest absolute Gasteiger partial charge is 0.350 e. The van der Waals surface area contributed by atoms with Gasteiger partial charge in [0.1, 0.15) is 0 Å². The first-order valence-electron chi connectivity index (χ1n) is 9.50. The van der Waals surface area contributed by atoms with Crippen LogP contribution < -0.4 is 5.32 Å². The lowest BCUT2D eigenvalue weighted by atomic mass is 10.0. The molecule has 0 aromatic carbocycles. The van der Waals surface area contributed by atoms with Gasteiger partial charge in [0.25, 0.3) is 5.91 Å². The molecule has 3 heterocycles. The molecular formula is C19H29N3O2S. The average Bonchev–Trinajstić information content (AvgIpc) is 3.06. The highest BCUT2D eigenvalue weighted by atomic mass is 32.1. The molecule has 3 rings (SSSR count). The van der Waals surface area contributed by atoms with Crippen molar-refractivity contribution >= 4 is 23.2 Å². The van der Waals surface area contributed by atoms with Gasteiger partial charge in [-0.3, -0.25) is 14.5 Å². The van der Waals surface area contributed by atoms with Crippen LogP contribution in [0, 0.1) is 0 Å². The maximum atomic E-state index is 12.5. The minimum atomic E-state index is 0.0254. The predicted octanol–water partition coefficient (Wildman–Crippen LogP) is 2.65. The van der Waals surface area contributed by atoms with E-state index in [2.05, 4.69) is 17.1 Å². The molecule has 138 valence electrons. The molecule has 1 fully saturated rings. The smallest absolute Gasteiger partial charge is 0.261 e. The van der Waals surface area contributed by atoms with Gasteiger partial charge >= 0.3 is 0 Å². The molecule has 5 nitrogen and oxygen atoms in total. The van der Waals surface area contributed by atoms with Crippen LogP contribution in [-0.4, -0.2) is 53.8 Å². The second kappa shape index (κ2) is 8.32. The molecule has 1 aromatic heterocycles. The molecule has 0 saturated carbocycles. The number of fused-ring (bicyclic) bond motifs is 1. The zero-order valence-corrected chi connectivity index (χ0v) is 16.2. The predicted molar refractivity (Wildman–Crippen MR) is 101 cm³/mol. The number of thiophene rings is 1. The van der Waals surface area contributed by atoms with Crippen LogP contribution in [0.25, 0.3) is 0 Å². The molecule has 25 heavy (non-hydrogen) atoms. The van der Waals surface area contributed by atoms with Crippen LogP contribution in [0.5, 0.6) is 0 Å². The fourth-order valence-electron chi connectivity index (χ4n) is 3.77. The number of amides is 2. The lowest BCUT2D eigenvalue weighted by molar-refractivity contribution is -0.131. The molecular weight excluding hydrogens is 334 g/mol. The Labute approximate surface area is 154 Å². The van der Waals surface area contributed by atoms with E-state index in [0.29, 0.717) is 25.6 Å². The van der Waals surface area contributed by atoms with Crippen molar-refractivity contribution < 1.29 is 9.59 Å². The number of likely N-dealkylation sites (tertiary alicyclic amines) is 1. The standard InChI is InChI=1S/C19H29N3O2S/c1-3-18(23)22-10-7-16-15(13-22)12-17(25-16)19(24)20-8-11-21-9-5-4-6-14(21)2/h12,14H,3-11,13H2,1-2H3,(H,20,24)/t14-/m1/s1. The van der Waals surface area contributed by atoms with E-state index in [1.165, 1.54) is 24.1 Å². The number of hydrogen-bond donors (Lipinski definition) is 1. The van der Waals surface area contributed by atoms with E-state index in [9.17, 15) is 9.59 Å². The van der Waals surface area contributed by atoms with E-state index in [0.717, 1.165) is 36.5 Å². The SMILES string of the molecule is CCC(=O)N1CCc2sc(C(=O)NCCN3CCCC[C@H]3C)cc2C1. The third kappa shape index (κ3) is 4.42. The number of nitrogens with zero attached hydrogens (tertiary/aromatic N) is 2. The van der Waals surface area contributed by atoms with Crippen LogP contribution in [0.2, 0.25) is 0 Å². The van der Waals surface area contributed by atoms with Crippen LogP contribution in [0.4, 0.5) is 0 Å². The van der Waals surface area contributed by atoms with Gasteiger partial charge in [-0.2, -0.15) is 0 Å². The summed E-state index contributed by atoms with van der Waals surface area (Å²) in [5.41, 5.74) is 1.15. The number of hydrogen-bond acceptors (Lipinski definition) is 4. The highest BCUT2D eigenvalue weighted by Gasteiger charge is 2.24. The fraction of sp³-hybridized carbons (Fsp3) is 0.684. The van der Waals surface area contributed by atoms with Crippen molar-refractivity contribution in [3.05, 3.63) is 21.4 Å². The molecule has 2 amide bonds. The summed E-state index contributed by atoms with van der Waals surface area (Å²) in [5.74, 6) is 0.218. The summed E-state index contributed by atoms with van der Waals surface area (Å²) in [5, 5.41) is 3.07. The van der Waals surface area contributed by atoms with Gasteiger partial charge in [-0.1, -0.05) is 13.3 Å². The van der Waals surface area contributed by atoms with Crippen molar-refractivity contribution in [1.82, 2.24) is 15.1 Å². The first-order chi connectivity index (χ1) is 12.1. The second-order valence-electron chi connectivity index (χ2n) is 7.11. The second-order valence-corrected chi connectivity index (χ2v) is 8.25. The first kappa shape index (κ1) is 18.4. The van der Waals surface area contributed by atoms with Crippen molar-refractivity contribution in [2.45, 2.75) is 58.5 Å². The molecule has 0 bridgehead atoms. The lowest BCUT2D eigenvalue weighted by Gasteiger charge is -2.33. The number of carbonyl (C=O) groups is 2. The van der Waals surface area contributed by atoms with E-state index >= 15 is 0 Å². The molecule has 6 heteroatoms. The van der Waals surface area contributed by atoms with Crippen molar-refractivity contribution in [2.24, 2.45) is 0 Å². The molecule has 1 N–H and O–H groups in total. The van der Waals surface area contributed by atoms with Crippen molar-refractivity contribution in [2.75, 3.05) is 26.2 Å². The summed E-state index contributed by atoms with van der Waals surface area (Å²) in [6.45, 7) is 8.37. The van der Waals surface area contributed by atoms with E-state index in [-0.39, 0.29) is 11.8 Å². The zero-order valence-electron chi connectivity index (χ0n) is 15.3. The normalized spacial score (nSPS) is 21.0. The Kier molecular flexibility index (Phi) is 6.12. The maximum absolute atomic E-state index is 12.5. The Bertz CT molecular complexity index is 628. The highest BCUT2D eigenvalue weighted by molar-refractivity contribution is 7.14. The Balaban J connectivity index is 1.52. The molecule has 1 saturated heterocycles. The van der Waals surface area contributed by atoms with Crippen LogP contribution in [0.15, 0.2) is 6.07 Å². The molecule has 0 radical (unpaired) electrons. The van der Waals surface area contributed by atoms with E-state index in [1.54, 1.807) is 11.3 Å². The number of nitrogens with one attached hydrogen (secondary N) is 1. The monoisotopic (exact) mass is 363 g/mol. The third-order valence-corrected chi connectivity index (χ3v) is 6.61. The van der Waals surface area contributed by atoms with Crippen LogP contribution in [0.1, 0.15) is 59.6 Å². The van der Waals surface area contributed by atoms with Crippen molar-refractivity contribution in [3.63, 3.8) is 0 Å². The highest BCUT2D eigenvalue weighted by Crippen LogP contribution is 2.28. The molecule has 0 aliphatic carbocycles. The van der Waals surface area contributed by atoms with Crippen molar-refractivity contribution in [1.29, 1.82) is 0 Å². The molecule has 2 aliphatic heterocycles. The van der Waals surface area contributed by atoms with Gasteiger partial charge < -0.3 is 10.2 Å². The maximum Gasteiger partial charge on any atom is 0.261 e. The minimum Gasteiger partial charge on any atom is -0.350 e. The lowest BCUT2D eigenvalue weighted by Crippen LogP contribution is -2.42. The summed E-state index contributed by atoms with van der Waals surface area (Å²) in [6.07, 6.45) is 5.26. The van der Waals surface area contributed by atoms with E-state index in [4.69, 9.17) is 0 Å². The van der Waals surface area contributed by atoms with Crippen molar-refractivity contribution in [3.8, 4) is 0 Å². The molecule has 0 unspecified atom stereocenters. The van der Waals surface area contributed by atoms with Gasteiger partial charge in [0.15, 0.2) is 0 Å². The molecule has 2 aliphatic rings. The van der Waals surface area contributed by atoms with Gasteiger partial charge in [0, 0.05) is 43.5 Å². The molecule has 0 spiro atoms. The Hall–Kier alpha value is -1.40. The van der Waals surface area contributed by atoms with Gasteiger partial charge in [-0.05, 0) is 44.4 Å². The number of carbonyl (C=O) groups excluding carboxylic acids is 2. The fourth-order valence-corrected chi connectivity index (χ4v) is 4.85. The average molecular weight is 364 g/mol. The Morgan fingerprint density at radius 1 is 1.32 bits per heavy atom. The van der Waals surface area contributed by atoms with E-state index in [1.807, 2.05) is 17.9 Å². The topological polar surface area (TPSA) is 52.7 Å². The van der Waals surface area contributed by atoms with Gasteiger partial charge in [0.05, 0.1) is 4.88 Å².